The molecular formula is C28H43N3O4. The molecule has 194 valence electrons. The van der Waals surface area contributed by atoms with Crippen LogP contribution >= 0.6 is 0 Å². The van der Waals surface area contributed by atoms with Crippen LogP contribution in [0.3, 0.4) is 0 Å². The van der Waals surface area contributed by atoms with E-state index in [0.717, 1.165) is 38.5 Å². The minimum absolute atomic E-state index is 0.0459. The van der Waals surface area contributed by atoms with Gasteiger partial charge >= 0.3 is 0 Å². The van der Waals surface area contributed by atoms with Gasteiger partial charge in [-0.25, -0.2) is 0 Å². The zero-order valence-electron chi connectivity index (χ0n) is 21.5. The summed E-state index contributed by atoms with van der Waals surface area (Å²) < 4.78 is 0. The first-order valence-corrected chi connectivity index (χ1v) is 13.5. The number of piperidine rings is 1. The van der Waals surface area contributed by atoms with Crippen molar-refractivity contribution in [2.24, 2.45) is 5.92 Å². The molecule has 1 aromatic rings. The van der Waals surface area contributed by atoms with Crippen molar-refractivity contribution in [2.45, 2.75) is 95.7 Å². The van der Waals surface area contributed by atoms with Crippen LogP contribution in [-0.2, 0) is 14.4 Å². The second kappa shape index (κ2) is 13.6. The maximum atomic E-state index is 13.5. The fourth-order valence-corrected chi connectivity index (χ4v) is 5.42. The number of hydrogen-bond acceptors (Lipinski definition) is 4. The summed E-state index contributed by atoms with van der Waals surface area (Å²) in [6, 6.07) is 7.58. The van der Waals surface area contributed by atoms with Crippen LogP contribution in [0.5, 0.6) is 0 Å². The standard InChI is InChI=1S/C28H43N3O4/c1-3-4-18-30(2)27(34)23(20-21-13-7-5-8-14-21)29-26(33)24-17-11-12-19-31(24)28(35)25(32)22-15-9-6-10-16-22/h6,9-10,15-16,21,23-25,32H,3-5,7-8,11-14,17-20H2,1-2H3,(H,29,33)/t23-,24-,25-/m0/s1. The largest absolute Gasteiger partial charge is 0.378 e. The van der Waals surface area contributed by atoms with E-state index in [2.05, 4.69) is 12.2 Å². The molecule has 7 nitrogen and oxygen atoms in total. The number of likely N-dealkylation sites (tertiary alicyclic amines) is 1. The fraction of sp³-hybridized carbons (Fsp3) is 0.679. The summed E-state index contributed by atoms with van der Waals surface area (Å²) in [7, 11) is 1.81. The van der Waals surface area contributed by atoms with Crippen LogP contribution in [0.25, 0.3) is 0 Å². The molecule has 3 rings (SSSR count). The minimum atomic E-state index is -1.30. The highest BCUT2D eigenvalue weighted by Gasteiger charge is 2.37. The van der Waals surface area contributed by atoms with Crippen molar-refractivity contribution < 1.29 is 19.5 Å². The number of nitrogens with zero attached hydrogens (tertiary/aromatic N) is 2. The molecule has 0 unspecified atom stereocenters. The number of carbonyl (C=O) groups is 3. The molecule has 35 heavy (non-hydrogen) atoms. The summed E-state index contributed by atoms with van der Waals surface area (Å²) in [6.45, 7) is 3.19. The van der Waals surface area contributed by atoms with Gasteiger partial charge in [0.1, 0.15) is 12.1 Å². The van der Waals surface area contributed by atoms with Crippen molar-refractivity contribution in [3.8, 4) is 0 Å². The molecule has 1 aliphatic heterocycles. The van der Waals surface area contributed by atoms with Crippen molar-refractivity contribution in [3.63, 3.8) is 0 Å². The molecule has 3 atom stereocenters. The maximum Gasteiger partial charge on any atom is 0.256 e. The number of nitrogens with one attached hydrogen (secondary N) is 1. The molecule has 1 aromatic carbocycles. The molecule has 1 aliphatic carbocycles. The lowest BCUT2D eigenvalue weighted by atomic mass is 9.84. The van der Waals surface area contributed by atoms with E-state index in [4.69, 9.17) is 0 Å². The summed E-state index contributed by atoms with van der Waals surface area (Å²) in [6.07, 6.45) is 9.21. The van der Waals surface area contributed by atoms with E-state index >= 15 is 0 Å². The fourth-order valence-electron chi connectivity index (χ4n) is 5.42. The van der Waals surface area contributed by atoms with E-state index in [-0.39, 0.29) is 11.8 Å². The number of amides is 3. The number of rotatable bonds is 10. The molecule has 2 N–H and O–H groups in total. The van der Waals surface area contributed by atoms with Gasteiger partial charge in [-0.15, -0.1) is 0 Å². The van der Waals surface area contributed by atoms with Gasteiger partial charge in [0.05, 0.1) is 0 Å². The Balaban J connectivity index is 1.72. The Morgan fingerprint density at radius 3 is 2.43 bits per heavy atom. The van der Waals surface area contributed by atoms with Gasteiger partial charge < -0.3 is 20.2 Å². The second-order valence-corrected chi connectivity index (χ2v) is 10.3. The van der Waals surface area contributed by atoms with Gasteiger partial charge in [-0.2, -0.15) is 0 Å². The average Bonchev–Trinajstić information content (AvgIpc) is 2.91. The van der Waals surface area contributed by atoms with Crippen LogP contribution < -0.4 is 5.32 Å². The maximum absolute atomic E-state index is 13.5. The Bertz CT molecular complexity index is 825. The predicted molar refractivity (Wildman–Crippen MR) is 136 cm³/mol. The number of likely N-dealkylation sites (N-methyl/N-ethyl adjacent to an activating group) is 1. The lowest BCUT2D eigenvalue weighted by molar-refractivity contribution is -0.150. The van der Waals surface area contributed by atoms with Crippen molar-refractivity contribution in [1.82, 2.24) is 15.1 Å². The van der Waals surface area contributed by atoms with Crippen LogP contribution in [0.1, 0.15) is 89.2 Å². The van der Waals surface area contributed by atoms with E-state index < -0.39 is 24.1 Å². The van der Waals surface area contributed by atoms with Gasteiger partial charge in [0.25, 0.3) is 5.91 Å². The first-order chi connectivity index (χ1) is 16.9. The molecule has 1 heterocycles. The molecule has 0 aromatic heterocycles. The van der Waals surface area contributed by atoms with Crippen molar-refractivity contribution >= 4 is 17.7 Å². The summed E-state index contributed by atoms with van der Waals surface area (Å²) in [5, 5.41) is 13.7. The van der Waals surface area contributed by atoms with Gasteiger partial charge in [0, 0.05) is 20.1 Å². The Kier molecular flexibility index (Phi) is 10.6. The normalized spacial score (nSPS) is 20.7. The molecule has 1 saturated heterocycles. The number of benzene rings is 1. The topological polar surface area (TPSA) is 90.0 Å². The molecule has 1 saturated carbocycles. The lowest BCUT2D eigenvalue weighted by Gasteiger charge is -2.37. The van der Waals surface area contributed by atoms with Gasteiger partial charge in [-0.3, -0.25) is 14.4 Å². The van der Waals surface area contributed by atoms with Crippen LogP contribution in [0.15, 0.2) is 30.3 Å². The summed E-state index contributed by atoms with van der Waals surface area (Å²) in [4.78, 5) is 43.3. The van der Waals surface area contributed by atoms with Crippen LogP contribution in [0, 0.1) is 5.92 Å². The summed E-state index contributed by atoms with van der Waals surface area (Å²) >= 11 is 0. The number of unbranched alkanes of at least 4 members (excludes halogenated alkanes) is 1. The lowest BCUT2D eigenvalue weighted by Crippen LogP contribution is -2.57. The SMILES string of the molecule is CCCCN(C)C(=O)[C@H](CC1CCCCC1)NC(=O)[C@@H]1CCCCN1C(=O)[C@@H](O)c1ccccc1. The van der Waals surface area contributed by atoms with Crippen molar-refractivity contribution in [1.29, 1.82) is 0 Å². The van der Waals surface area contributed by atoms with Gasteiger partial charge in [-0.05, 0) is 43.6 Å². The second-order valence-electron chi connectivity index (χ2n) is 10.3. The van der Waals surface area contributed by atoms with E-state index in [0.29, 0.717) is 37.4 Å². The third-order valence-electron chi connectivity index (χ3n) is 7.57. The third kappa shape index (κ3) is 7.53. The monoisotopic (exact) mass is 485 g/mol. The smallest absolute Gasteiger partial charge is 0.256 e. The highest BCUT2D eigenvalue weighted by Crippen LogP contribution is 2.28. The quantitative estimate of drug-likeness (QED) is 0.527. The van der Waals surface area contributed by atoms with E-state index in [1.807, 2.05) is 13.1 Å². The predicted octanol–water partition coefficient (Wildman–Crippen LogP) is 3.81. The first-order valence-electron chi connectivity index (χ1n) is 13.5. The molecule has 2 fully saturated rings. The third-order valence-corrected chi connectivity index (χ3v) is 7.57. The zero-order chi connectivity index (χ0) is 25.2. The Labute approximate surface area is 210 Å². The van der Waals surface area contributed by atoms with Crippen LogP contribution in [-0.4, -0.2) is 64.8 Å². The van der Waals surface area contributed by atoms with Gasteiger partial charge in [-0.1, -0.05) is 75.8 Å². The van der Waals surface area contributed by atoms with Crippen LogP contribution in [0.4, 0.5) is 0 Å². The van der Waals surface area contributed by atoms with Crippen molar-refractivity contribution in [2.75, 3.05) is 20.1 Å². The first kappa shape index (κ1) is 27.2. The highest BCUT2D eigenvalue weighted by molar-refractivity contribution is 5.93. The molecule has 3 amide bonds. The number of aliphatic hydroxyl groups excluding tert-OH is 1. The molecule has 0 bridgehead atoms. The molecular weight excluding hydrogens is 442 g/mol. The Morgan fingerprint density at radius 1 is 1.06 bits per heavy atom. The average molecular weight is 486 g/mol. The number of carbonyl (C=O) groups excluding carboxylic acids is 3. The molecule has 7 heteroatoms. The van der Waals surface area contributed by atoms with Gasteiger partial charge in [0.2, 0.25) is 11.8 Å². The van der Waals surface area contributed by atoms with Crippen LogP contribution in [0.2, 0.25) is 0 Å². The summed E-state index contributed by atoms with van der Waals surface area (Å²) in [5.74, 6) is -0.348. The molecule has 2 aliphatic rings. The Hall–Kier alpha value is -2.41. The molecule has 0 spiro atoms. The Morgan fingerprint density at radius 2 is 1.74 bits per heavy atom. The van der Waals surface area contributed by atoms with Crippen molar-refractivity contribution in [3.05, 3.63) is 35.9 Å². The van der Waals surface area contributed by atoms with E-state index in [1.54, 1.807) is 29.2 Å². The summed E-state index contributed by atoms with van der Waals surface area (Å²) in [5.41, 5.74) is 0.519. The van der Waals surface area contributed by atoms with Gasteiger partial charge in [0.15, 0.2) is 6.10 Å². The highest BCUT2D eigenvalue weighted by atomic mass is 16.3. The zero-order valence-corrected chi connectivity index (χ0v) is 21.5. The van der Waals surface area contributed by atoms with E-state index in [1.165, 1.54) is 24.2 Å². The number of hydrogen-bond donors (Lipinski definition) is 2. The van der Waals surface area contributed by atoms with E-state index in [9.17, 15) is 19.5 Å². The minimum Gasteiger partial charge on any atom is -0.378 e. The number of aliphatic hydroxyl groups is 1. The molecule has 0 radical (unpaired) electrons.